The second-order valence-corrected chi connectivity index (χ2v) is 3.06. The molecule has 0 aliphatic rings. The van der Waals surface area contributed by atoms with E-state index in [9.17, 15) is 0 Å². The van der Waals surface area contributed by atoms with Gasteiger partial charge in [-0.2, -0.15) is 0 Å². The molecule has 0 saturated carbocycles. The van der Waals surface area contributed by atoms with E-state index in [0.29, 0.717) is 5.92 Å². The van der Waals surface area contributed by atoms with E-state index in [1.54, 1.807) is 0 Å². The van der Waals surface area contributed by atoms with Crippen LogP contribution in [0.2, 0.25) is 13.1 Å². The Labute approximate surface area is 69.3 Å². The zero-order valence-corrected chi connectivity index (χ0v) is 7.38. The van der Waals surface area contributed by atoms with Gasteiger partial charge >= 0.3 is 0 Å². The first kappa shape index (κ1) is 10.5. The summed E-state index contributed by atoms with van der Waals surface area (Å²) < 4.78 is 0. The quantitative estimate of drug-likeness (QED) is 0.609. The molecule has 0 aromatic heterocycles. The van der Waals surface area contributed by atoms with Gasteiger partial charge in [0.2, 0.25) is 0 Å². The molecule has 0 rings (SSSR count). The average molecular weight is 153 g/mol. The minimum Gasteiger partial charge on any atom is -0.396 e. The summed E-state index contributed by atoms with van der Waals surface area (Å²) >= 11 is 0. The minimum atomic E-state index is 0.135. The van der Waals surface area contributed by atoms with Crippen LogP contribution in [-0.4, -0.2) is 18.4 Å². The number of hydrogen-bond donors (Lipinski definition) is 1. The zero-order chi connectivity index (χ0) is 8.69. The highest BCUT2D eigenvalue weighted by molar-refractivity contribution is 6.65. The van der Waals surface area contributed by atoms with Crippen LogP contribution in [0.25, 0.3) is 0 Å². The minimum absolute atomic E-state index is 0.135. The molecule has 0 aliphatic heterocycles. The van der Waals surface area contributed by atoms with Crippen molar-refractivity contribution in [2.75, 3.05) is 6.61 Å². The molecule has 2 nitrogen and oxygen atoms in total. The van der Waals surface area contributed by atoms with Gasteiger partial charge in [-0.15, -0.1) is 0 Å². The second-order valence-electron chi connectivity index (χ2n) is 3.06. The predicted octanol–water partition coefficient (Wildman–Crippen LogP) is 1.58. The van der Waals surface area contributed by atoms with E-state index in [4.69, 9.17) is 10.4 Å². The van der Waals surface area contributed by atoms with E-state index in [1.807, 2.05) is 6.82 Å². The Kier molecular flexibility index (Phi) is 5.96. The van der Waals surface area contributed by atoms with Crippen molar-refractivity contribution in [2.45, 2.75) is 32.9 Å². The summed E-state index contributed by atoms with van der Waals surface area (Å²) in [5, 5.41) is 17.3. The maximum Gasteiger partial charge on any atom is 0.264 e. The monoisotopic (exact) mass is 153 g/mol. The van der Waals surface area contributed by atoms with Crippen molar-refractivity contribution in [1.82, 2.24) is 0 Å². The van der Waals surface area contributed by atoms with Crippen LogP contribution in [0, 0.1) is 17.1 Å². The van der Waals surface area contributed by atoms with Gasteiger partial charge in [-0.25, -0.2) is 5.26 Å². The Morgan fingerprint density at radius 1 is 1.64 bits per heavy atom. The third-order valence-corrected chi connectivity index (χ3v) is 2.06. The predicted molar refractivity (Wildman–Crippen MR) is 47.5 cm³/mol. The van der Waals surface area contributed by atoms with Gasteiger partial charge in [0.25, 0.3) is 6.71 Å². The van der Waals surface area contributed by atoms with Crippen LogP contribution in [0.4, 0.5) is 0 Å². The Balaban J connectivity index is 3.44. The van der Waals surface area contributed by atoms with E-state index in [1.165, 1.54) is 0 Å². The van der Waals surface area contributed by atoms with Crippen LogP contribution in [0.5, 0.6) is 0 Å². The summed E-state index contributed by atoms with van der Waals surface area (Å²) in [6.07, 6.45) is 2.89. The number of hydrogen-bond acceptors (Lipinski definition) is 2. The van der Waals surface area contributed by atoms with Gasteiger partial charge in [-0.1, -0.05) is 32.9 Å². The number of aliphatic hydroxyl groups is 1. The van der Waals surface area contributed by atoms with Gasteiger partial charge in [0.05, 0.1) is 0 Å². The largest absolute Gasteiger partial charge is 0.396 e. The molecule has 11 heavy (non-hydrogen) atoms. The van der Waals surface area contributed by atoms with E-state index < -0.39 is 0 Å². The highest BCUT2D eigenvalue weighted by Gasteiger charge is 2.09. The molecule has 0 fully saturated rings. The molecule has 0 aliphatic carbocycles. The third-order valence-electron chi connectivity index (χ3n) is 2.06. The van der Waals surface area contributed by atoms with Gasteiger partial charge in [0.1, 0.15) is 0 Å². The fourth-order valence-electron chi connectivity index (χ4n) is 0.975. The molecule has 0 aromatic rings. The van der Waals surface area contributed by atoms with Crippen molar-refractivity contribution >= 4 is 6.71 Å². The topological polar surface area (TPSA) is 44.0 Å². The molecule has 0 aromatic carbocycles. The summed E-state index contributed by atoms with van der Waals surface area (Å²) in [6, 6.07) is 0. The highest BCUT2D eigenvalue weighted by atomic mass is 16.3. The molecule has 1 N–H and O–H groups in total. The lowest BCUT2D eigenvalue weighted by atomic mass is 9.50. The molecule has 3 heteroatoms. The Morgan fingerprint density at radius 3 is 2.64 bits per heavy atom. The lowest BCUT2D eigenvalue weighted by Gasteiger charge is -2.09. The van der Waals surface area contributed by atoms with E-state index in [2.05, 4.69) is 12.9 Å². The Bertz CT molecular complexity index is 129. The van der Waals surface area contributed by atoms with E-state index in [-0.39, 0.29) is 13.3 Å². The summed E-state index contributed by atoms with van der Waals surface area (Å²) in [5.41, 5.74) is 0. The number of nitrogens with zero attached hydrogens (tertiary/aromatic N) is 1. The maximum absolute atomic E-state index is 8.83. The first-order valence-corrected chi connectivity index (χ1v) is 4.25. The number of aliphatic hydroxyl groups excluding tert-OH is 1. The second kappa shape index (κ2) is 6.24. The first-order chi connectivity index (χ1) is 5.24. The standard InChI is InChI=1S/C8H16BNO/c1-3-8(6-11)4-5-9(2)7-10/h8,11H,3-6H2,1-2H3. The van der Waals surface area contributed by atoms with Crippen LogP contribution in [0.1, 0.15) is 19.8 Å². The van der Waals surface area contributed by atoms with Gasteiger partial charge in [0.15, 0.2) is 0 Å². The Hall–Kier alpha value is -0.485. The normalized spacial score (nSPS) is 12.2. The van der Waals surface area contributed by atoms with E-state index in [0.717, 1.165) is 19.2 Å². The SMILES string of the molecule is CCC(CO)CCB(C)C#N. The summed E-state index contributed by atoms with van der Waals surface area (Å²) in [5.74, 6) is 2.58. The van der Waals surface area contributed by atoms with Crippen LogP contribution in [0.15, 0.2) is 0 Å². The zero-order valence-electron chi connectivity index (χ0n) is 7.38. The number of nitriles is 1. The third kappa shape index (κ3) is 4.86. The molecule has 0 heterocycles. The van der Waals surface area contributed by atoms with Crippen molar-refractivity contribution in [3.05, 3.63) is 0 Å². The van der Waals surface area contributed by atoms with E-state index >= 15 is 0 Å². The highest BCUT2D eigenvalue weighted by Crippen LogP contribution is 2.11. The lowest BCUT2D eigenvalue weighted by molar-refractivity contribution is 0.219. The molecular weight excluding hydrogens is 137 g/mol. The smallest absolute Gasteiger partial charge is 0.264 e. The van der Waals surface area contributed by atoms with Crippen molar-refractivity contribution in [2.24, 2.45) is 5.92 Å². The first-order valence-electron chi connectivity index (χ1n) is 4.25. The van der Waals surface area contributed by atoms with Gasteiger partial charge in [-0.3, -0.25) is 0 Å². The van der Waals surface area contributed by atoms with Crippen molar-refractivity contribution in [1.29, 1.82) is 5.26 Å². The molecule has 0 saturated heterocycles. The summed E-state index contributed by atoms with van der Waals surface area (Å²) in [7, 11) is 0. The van der Waals surface area contributed by atoms with Gasteiger partial charge < -0.3 is 5.11 Å². The van der Waals surface area contributed by atoms with Gasteiger partial charge in [0, 0.05) is 12.6 Å². The molecular formula is C8H16BNO. The molecule has 1 atom stereocenters. The fraction of sp³-hybridized carbons (Fsp3) is 0.875. The molecule has 1 unspecified atom stereocenters. The molecule has 0 bridgehead atoms. The lowest BCUT2D eigenvalue weighted by Crippen LogP contribution is -2.10. The molecule has 0 amide bonds. The molecule has 62 valence electrons. The van der Waals surface area contributed by atoms with Crippen molar-refractivity contribution in [3.63, 3.8) is 0 Å². The van der Waals surface area contributed by atoms with Crippen LogP contribution in [-0.2, 0) is 0 Å². The molecule has 0 spiro atoms. The number of rotatable bonds is 5. The van der Waals surface area contributed by atoms with Crippen LogP contribution < -0.4 is 0 Å². The van der Waals surface area contributed by atoms with Crippen molar-refractivity contribution in [3.8, 4) is 5.97 Å². The average Bonchev–Trinajstić information content (AvgIpc) is 2.06. The van der Waals surface area contributed by atoms with Crippen LogP contribution >= 0.6 is 0 Å². The summed E-state index contributed by atoms with van der Waals surface area (Å²) in [4.78, 5) is 0. The molecule has 0 radical (unpaired) electrons. The maximum atomic E-state index is 8.83. The van der Waals surface area contributed by atoms with Gasteiger partial charge in [-0.05, 0) is 5.92 Å². The van der Waals surface area contributed by atoms with Crippen LogP contribution in [0.3, 0.4) is 0 Å². The Morgan fingerprint density at radius 2 is 2.27 bits per heavy atom. The van der Waals surface area contributed by atoms with Crippen molar-refractivity contribution < 1.29 is 5.11 Å². The fourth-order valence-corrected chi connectivity index (χ4v) is 0.975. The summed E-state index contributed by atoms with van der Waals surface area (Å²) in [6.45, 7) is 4.38.